The lowest BCUT2D eigenvalue weighted by molar-refractivity contribution is 0.299. The van der Waals surface area contributed by atoms with E-state index in [1.54, 1.807) is 6.07 Å². The third kappa shape index (κ3) is 3.63. The minimum atomic E-state index is -0.114. The highest BCUT2D eigenvalue weighted by Crippen LogP contribution is 2.25. The van der Waals surface area contributed by atoms with E-state index in [1.165, 1.54) is 12.1 Å². The van der Waals surface area contributed by atoms with E-state index in [0.717, 1.165) is 16.8 Å². The standard InChI is InChI=1S/C15H17NO3/c17-8-7-11-1-4-13(5-2-11)16-10-12-3-6-14(18)15(19)9-12/h1-6,9,16-19H,7-8,10H2. The number of phenolic OH excluding ortho intramolecular Hbond substituents is 2. The Hall–Kier alpha value is -2.20. The topological polar surface area (TPSA) is 72.7 Å². The van der Waals surface area contributed by atoms with Crippen LogP contribution in [0.5, 0.6) is 11.5 Å². The molecular formula is C15H17NO3. The summed E-state index contributed by atoms with van der Waals surface area (Å²) in [6.07, 6.45) is 0.659. The van der Waals surface area contributed by atoms with Crippen LogP contribution in [0.4, 0.5) is 5.69 Å². The second-order valence-corrected chi connectivity index (χ2v) is 4.35. The Morgan fingerprint density at radius 3 is 2.16 bits per heavy atom. The average Bonchev–Trinajstić information content (AvgIpc) is 2.42. The summed E-state index contributed by atoms with van der Waals surface area (Å²) in [5.74, 6) is -0.227. The molecule has 4 heteroatoms. The van der Waals surface area contributed by atoms with Crippen LogP contribution < -0.4 is 5.32 Å². The van der Waals surface area contributed by atoms with Crippen LogP contribution in [0.25, 0.3) is 0 Å². The minimum Gasteiger partial charge on any atom is -0.504 e. The van der Waals surface area contributed by atoms with Gasteiger partial charge in [0.05, 0.1) is 0 Å². The Kier molecular flexibility index (Phi) is 4.26. The summed E-state index contributed by atoms with van der Waals surface area (Å²) >= 11 is 0. The fourth-order valence-electron chi connectivity index (χ4n) is 1.80. The summed E-state index contributed by atoms with van der Waals surface area (Å²) in [6, 6.07) is 12.6. The molecule has 0 heterocycles. The number of aromatic hydroxyl groups is 2. The highest BCUT2D eigenvalue weighted by molar-refractivity contribution is 5.46. The third-order valence-electron chi connectivity index (χ3n) is 2.89. The normalized spacial score (nSPS) is 10.4. The van der Waals surface area contributed by atoms with Crippen LogP contribution in [0, 0.1) is 0 Å². The summed E-state index contributed by atoms with van der Waals surface area (Å²) in [6.45, 7) is 0.715. The molecule has 4 N–H and O–H groups in total. The molecule has 0 saturated carbocycles. The zero-order valence-corrected chi connectivity index (χ0v) is 10.5. The van der Waals surface area contributed by atoms with Gasteiger partial charge in [-0.05, 0) is 41.8 Å². The summed E-state index contributed by atoms with van der Waals surface area (Å²) in [5.41, 5.74) is 2.94. The molecule has 0 saturated heterocycles. The fraction of sp³-hybridized carbons (Fsp3) is 0.200. The highest BCUT2D eigenvalue weighted by atomic mass is 16.3. The van der Waals surface area contributed by atoms with E-state index >= 15 is 0 Å². The van der Waals surface area contributed by atoms with Crippen LogP contribution in [0.1, 0.15) is 11.1 Å². The van der Waals surface area contributed by atoms with Crippen molar-refractivity contribution >= 4 is 5.69 Å². The smallest absolute Gasteiger partial charge is 0.157 e. The number of nitrogens with one attached hydrogen (secondary N) is 1. The van der Waals surface area contributed by atoms with Gasteiger partial charge >= 0.3 is 0 Å². The summed E-state index contributed by atoms with van der Waals surface area (Å²) in [7, 11) is 0. The number of aliphatic hydroxyl groups excluding tert-OH is 1. The molecule has 0 bridgehead atoms. The third-order valence-corrected chi connectivity index (χ3v) is 2.89. The average molecular weight is 259 g/mol. The van der Waals surface area contributed by atoms with Gasteiger partial charge in [-0.1, -0.05) is 18.2 Å². The molecule has 2 rings (SSSR count). The van der Waals surface area contributed by atoms with Crippen LogP contribution >= 0.6 is 0 Å². The lowest BCUT2D eigenvalue weighted by Gasteiger charge is -2.08. The summed E-state index contributed by atoms with van der Waals surface area (Å²) in [5, 5.41) is 30.7. The Labute approximate surface area is 112 Å². The minimum absolute atomic E-state index is 0.113. The van der Waals surface area contributed by atoms with Gasteiger partial charge in [-0.15, -0.1) is 0 Å². The van der Waals surface area contributed by atoms with Gasteiger partial charge < -0.3 is 20.6 Å². The van der Waals surface area contributed by atoms with E-state index in [0.29, 0.717) is 13.0 Å². The van der Waals surface area contributed by atoms with Crippen LogP contribution in [0.3, 0.4) is 0 Å². The molecule has 100 valence electrons. The van der Waals surface area contributed by atoms with E-state index < -0.39 is 0 Å². The van der Waals surface area contributed by atoms with Crippen molar-refractivity contribution in [1.82, 2.24) is 0 Å². The molecule has 0 radical (unpaired) electrons. The van der Waals surface area contributed by atoms with E-state index in [2.05, 4.69) is 5.32 Å². The molecule has 0 aliphatic carbocycles. The van der Waals surface area contributed by atoms with E-state index in [9.17, 15) is 10.2 Å². The maximum atomic E-state index is 9.39. The molecular weight excluding hydrogens is 242 g/mol. The molecule has 4 nitrogen and oxygen atoms in total. The Balaban J connectivity index is 1.96. The van der Waals surface area contributed by atoms with Gasteiger partial charge in [-0.25, -0.2) is 0 Å². The van der Waals surface area contributed by atoms with Crippen molar-refractivity contribution in [3.05, 3.63) is 53.6 Å². The molecule has 0 spiro atoms. The van der Waals surface area contributed by atoms with Crippen LogP contribution in [0.2, 0.25) is 0 Å². The van der Waals surface area contributed by atoms with Crippen molar-refractivity contribution < 1.29 is 15.3 Å². The SMILES string of the molecule is OCCc1ccc(NCc2ccc(O)c(O)c2)cc1. The van der Waals surface area contributed by atoms with Crippen molar-refractivity contribution in [2.45, 2.75) is 13.0 Å². The first-order valence-electron chi connectivity index (χ1n) is 6.13. The second kappa shape index (κ2) is 6.11. The summed E-state index contributed by atoms with van der Waals surface area (Å²) < 4.78 is 0. The van der Waals surface area contributed by atoms with Gasteiger partial charge in [0.15, 0.2) is 11.5 Å². The molecule has 2 aromatic rings. The van der Waals surface area contributed by atoms with E-state index in [4.69, 9.17) is 5.11 Å². The van der Waals surface area contributed by atoms with E-state index in [1.807, 2.05) is 24.3 Å². The first-order chi connectivity index (χ1) is 9.19. The van der Waals surface area contributed by atoms with Gasteiger partial charge in [0, 0.05) is 18.8 Å². The molecule has 2 aromatic carbocycles. The first-order valence-corrected chi connectivity index (χ1v) is 6.13. The number of hydrogen-bond acceptors (Lipinski definition) is 4. The lowest BCUT2D eigenvalue weighted by atomic mass is 10.1. The quantitative estimate of drug-likeness (QED) is 0.621. The monoisotopic (exact) mass is 259 g/mol. The maximum Gasteiger partial charge on any atom is 0.157 e. The van der Waals surface area contributed by atoms with Crippen molar-refractivity contribution in [3.8, 4) is 11.5 Å². The number of phenols is 2. The van der Waals surface area contributed by atoms with Crippen LogP contribution in [-0.2, 0) is 13.0 Å². The largest absolute Gasteiger partial charge is 0.504 e. The molecule has 0 atom stereocenters. The molecule has 0 aliphatic rings. The Morgan fingerprint density at radius 2 is 1.53 bits per heavy atom. The molecule has 0 aromatic heterocycles. The fourth-order valence-corrected chi connectivity index (χ4v) is 1.80. The van der Waals surface area contributed by atoms with Gasteiger partial charge in [-0.2, -0.15) is 0 Å². The first kappa shape index (κ1) is 13.2. The second-order valence-electron chi connectivity index (χ2n) is 4.35. The molecule has 0 unspecified atom stereocenters. The maximum absolute atomic E-state index is 9.39. The summed E-state index contributed by atoms with van der Waals surface area (Å²) in [4.78, 5) is 0. The van der Waals surface area contributed by atoms with E-state index in [-0.39, 0.29) is 18.1 Å². The highest BCUT2D eigenvalue weighted by Gasteiger charge is 2.00. The number of anilines is 1. The van der Waals surface area contributed by atoms with Crippen LogP contribution in [-0.4, -0.2) is 21.9 Å². The van der Waals surface area contributed by atoms with Gasteiger partial charge in [0.25, 0.3) is 0 Å². The van der Waals surface area contributed by atoms with Gasteiger partial charge in [-0.3, -0.25) is 0 Å². The van der Waals surface area contributed by atoms with Crippen LogP contribution in [0.15, 0.2) is 42.5 Å². The predicted octanol–water partition coefficient (Wildman–Crippen LogP) is 2.24. The number of benzene rings is 2. The van der Waals surface area contributed by atoms with Gasteiger partial charge in [0.1, 0.15) is 0 Å². The molecule has 0 amide bonds. The van der Waals surface area contributed by atoms with Gasteiger partial charge in [0.2, 0.25) is 0 Å². The molecule has 0 fully saturated rings. The molecule has 19 heavy (non-hydrogen) atoms. The lowest BCUT2D eigenvalue weighted by Crippen LogP contribution is -1.99. The zero-order chi connectivity index (χ0) is 13.7. The van der Waals surface area contributed by atoms with Crippen molar-refractivity contribution in [3.63, 3.8) is 0 Å². The van der Waals surface area contributed by atoms with Crippen molar-refractivity contribution in [1.29, 1.82) is 0 Å². The van der Waals surface area contributed by atoms with Crippen molar-refractivity contribution in [2.24, 2.45) is 0 Å². The number of rotatable bonds is 5. The Morgan fingerprint density at radius 1 is 0.842 bits per heavy atom. The Bertz CT molecular complexity index is 538. The predicted molar refractivity (Wildman–Crippen MR) is 74.3 cm³/mol. The molecule has 0 aliphatic heterocycles. The van der Waals surface area contributed by atoms with Crippen molar-refractivity contribution in [2.75, 3.05) is 11.9 Å². The number of aliphatic hydroxyl groups is 1. The number of hydrogen-bond donors (Lipinski definition) is 4. The zero-order valence-electron chi connectivity index (χ0n) is 10.5.